The molecule has 2 heterocycles. The number of rotatable bonds is 7. The standard InChI is InChI=1S/C22H17Cl2N5O3/c1-32-17-7-6-14(22(31)29-20-15(23)9-25-10-16(20)24)19-21(17)28-18(27-19)8-12-2-4-13(5-3-12)26-11-30/h2-7,9-11H,8H2,1H3,(H,26,30)(H,27,28)(H,25,29,31). The second-order valence-corrected chi connectivity index (χ2v) is 7.61. The number of hydrogen-bond donors (Lipinski definition) is 3. The zero-order valence-electron chi connectivity index (χ0n) is 16.8. The molecule has 0 saturated heterocycles. The number of nitrogens with zero attached hydrogens (tertiary/aromatic N) is 2. The summed E-state index contributed by atoms with van der Waals surface area (Å²) in [5.41, 5.74) is 3.33. The molecule has 4 aromatic rings. The number of ether oxygens (including phenoxy) is 1. The highest BCUT2D eigenvalue weighted by molar-refractivity contribution is 6.39. The van der Waals surface area contributed by atoms with Crippen molar-refractivity contribution in [3.63, 3.8) is 0 Å². The highest BCUT2D eigenvalue weighted by atomic mass is 35.5. The molecular weight excluding hydrogens is 453 g/mol. The molecule has 0 aliphatic rings. The second-order valence-electron chi connectivity index (χ2n) is 6.79. The molecule has 0 radical (unpaired) electrons. The van der Waals surface area contributed by atoms with E-state index < -0.39 is 5.91 Å². The third kappa shape index (κ3) is 4.37. The molecule has 162 valence electrons. The first kappa shape index (κ1) is 21.6. The van der Waals surface area contributed by atoms with Crippen molar-refractivity contribution in [2.75, 3.05) is 17.7 Å². The number of pyridine rings is 1. The van der Waals surface area contributed by atoms with Crippen molar-refractivity contribution in [3.05, 3.63) is 75.8 Å². The van der Waals surface area contributed by atoms with Crippen molar-refractivity contribution in [3.8, 4) is 5.75 Å². The number of halogens is 2. The summed E-state index contributed by atoms with van der Waals surface area (Å²) in [4.78, 5) is 35.3. The van der Waals surface area contributed by atoms with Crippen LogP contribution < -0.4 is 15.4 Å². The highest BCUT2D eigenvalue weighted by Gasteiger charge is 2.19. The van der Waals surface area contributed by atoms with E-state index in [2.05, 4.69) is 25.6 Å². The molecule has 0 saturated carbocycles. The number of carbonyl (C=O) groups is 2. The van der Waals surface area contributed by atoms with Crippen LogP contribution in [0.3, 0.4) is 0 Å². The predicted octanol–water partition coefficient (Wildman–Crippen LogP) is 4.68. The molecule has 2 aromatic heterocycles. The van der Waals surface area contributed by atoms with E-state index in [0.717, 1.165) is 5.56 Å². The number of anilines is 2. The molecule has 2 aromatic carbocycles. The summed E-state index contributed by atoms with van der Waals surface area (Å²) in [6.07, 6.45) is 3.91. The zero-order valence-corrected chi connectivity index (χ0v) is 18.3. The minimum absolute atomic E-state index is 0.228. The first-order chi connectivity index (χ1) is 15.5. The third-order valence-corrected chi connectivity index (χ3v) is 5.34. The fourth-order valence-corrected chi connectivity index (χ4v) is 3.70. The number of aromatic nitrogens is 3. The SMILES string of the molecule is COc1ccc(C(=O)Nc2c(Cl)cncc2Cl)c2nc(Cc3ccc(NC=O)cc3)[nH]c12. The van der Waals surface area contributed by atoms with Gasteiger partial charge >= 0.3 is 0 Å². The Kier molecular flexibility index (Phi) is 6.25. The minimum Gasteiger partial charge on any atom is -0.494 e. The van der Waals surface area contributed by atoms with Gasteiger partial charge < -0.3 is 20.4 Å². The van der Waals surface area contributed by atoms with E-state index in [1.165, 1.54) is 12.4 Å². The van der Waals surface area contributed by atoms with Crippen LogP contribution >= 0.6 is 23.2 Å². The molecular formula is C22H17Cl2N5O3. The van der Waals surface area contributed by atoms with Crippen molar-refractivity contribution in [2.45, 2.75) is 6.42 Å². The van der Waals surface area contributed by atoms with E-state index >= 15 is 0 Å². The van der Waals surface area contributed by atoms with Gasteiger partial charge in [0.1, 0.15) is 22.6 Å². The Morgan fingerprint density at radius 3 is 2.50 bits per heavy atom. The van der Waals surface area contributed by atoms with E-state index in [4.69, 9.17) is 27.9 Å². The minimum atomic E-state index is -0.421. The Labute approximate surface area is 192 Å². The van der Waals surface area contributed by atoms with Gasteiger partial charge in [-0.1, -0.05) is 35.3 Å². The lowest BCUT2D eigenvalue weighted by molar-refractivity contribution is -0.105. The highest BCUT2D eigenvalue weighted by Crippen LogP contribution is 2.31. The lowest BCUT2D eigenvalue weighted by Gasteiger charge is -2.10. The van der Waals surface area contributed by atoms with Crippen LogP contribution in [0.5, 0.6) is 5.75 Å². The van der Waals surface area contributed by atoms with Crippen LogP contribution in [0.4, 0.5) is 11.4 Å². The van der Waals surface area contributed by atoms with Crippen molar-refractivity contribution in [1.29, 1.82) is 0 Å². The Hall–Kier alpha value is -3.62. The van der Waals surface area contributed by atoms with Crippen molar-refractivity contribution in [2.24, 2.45) is 0 Å². The summed E-state index contributed by atoms with van der Waals surface area (Å²) in [7, 11) is 1.55. The molecule has 3 N–H and O–H groups in total. The molecule has 0 bridgehead atoms. The summed E-state index contributed by atoms with van der Waals surface area (Å²) in [6.45, 7) is 0. The molecule has 2 amide bonds. The number of hydrogen-bond acceptors (Lipinski definition) is 5. The first-order valence-corrected chi connectivity index (χ1v) is 10.2. The molecule has 0 aliphatic carbocycles. The van der Waals surface area contributed by atoms with Gasteiger partial charge in [0.2, 0.25) is 6.41 Å². The molecule has 8 nitrogen and oxygen atoms in total. The van der Waals surface area contributed by atoms with Gasteiger partial charge in [0.05, 0.1) is 28.4 Å². The number of H-pyrrole nitrogens is 1. The van der Waals surface area contributed by atoms with Crippen LogP contribution in [0, 0.1) is 0 Å². The number of fused-ring (bicyclic) bond motifs is 1. The van der Waals surface area contributed by atoms with Crippen LogP contribution in [-0.4, -0.2) is 34.4 Å². The Balaban J connectivity index is 1.67. The fraction of sp³-hybridized carbons (Fsp3) is 0.0909. The molecule has 4 rings (SSSR count). The number of benzene rings is 2. The predicted molar refractivity (Wildman–Crippen MR) is 124 cm³/mol. The van der Waals surface area contributed by atoms with Crippen LogP contribution in [0.1, 0.15) is 21.7 Å². The van der Waals surface area contributed by atoms with Crippen molar-refractivity contribution < 1.29 is 14.3 Å². The van der Waals surface area contributed by atoms with Gasteiger partial charge in [0.15, 0.2) is 0 Å². The molecule has 0 fully saturated rings. The summed E-state index contributed by atoms with van der Waals surface area (Å²) >= 11 is 12.3. The van der Waals surface area contributed by atoms with E-state index in [0.29, 0.717) is 46.7 Å². The quantitative estimate of drug-likeness (QED) is 0.340. The van der Waals surface area contributed by atoms with Gasteiger partial charge in [-0.2, -0.15) is 0 Å². The van der Waals surface area contributed by atoms with Crippen molar-refractivity contribution >= 4 is 57.9 Å². The maximum atomic E-state index is 13.0. The van der Waals surface area contributed by atoms with Gasteiger partial charge in [0.25, 0.3) is 5.91 Å². The Morgan fingerprint density at radius 1 is 1.12 bits per heavy atom. The number of methoxy groups -OCH3 is 1. The van der Waals surface area contributed by atoms with Crippen LogP contribution in [0.15, 0.2) is 48.8 Å². The summed E-state index contributed by atoms with van der Waals surface area (Å²) < 4.78 is 5.43. The monoisotopic (exact) mass is 469 g/mol. The topological polar surface area (TPSA) is 109 Å². The number of aromatic amines is 1. The molecule has 0 spiro atoms. The molecule has 10 heteroatoms. The lowest BCUT2D eigenvalue weighted by Crippen LogP contribution is -2.13. The van der Waals surface area contributed by atoms with Gasteiger partial charge in [-0.05, 0) is 29.8 Å². The fourth-order valence-electron chi connectivity index (χ4n) is 3.25. The number of nitrogens with one attached hydrogen (secondary N) is 3. The number of carbonyl (C=O) groups excluding carboxylic acids is 2. The van der Waals surface area contributed by atoms with Gasteiger partial charge in [-0.15, -0.1) is 0 Å². The summed E-state index contributed by atoms with van der Waals surface area (Å²) in [5.74, 6) is 0.783. The van der Waals surface area contributed by atoms with Crippen LogP contribution in [-0.2, 0) is 11.2 Å². The van der Waals surface area contributed by atoms with E-state index in [1.807, 2.05) is 12.1 Å². The molecule has 0 atom stereocenters. The smallest absolute Gasteiger partial charge is 0.258 e. The number of imidazole rings is 1. The summed E-state index contributed by atoms with van der Waals surface area (Å²) in [6, 6.07) is 10.7. The third-order valence-electron chi connectivity index (χ3n) is 4.76. The lowest BCUT2D eigenvalue weighted by atomic mass is 10.1. The summed E-state index contributed by atoms with van der Waals surface area (Å²) in [5, 5.41) is 5.78. The average molecular weight is 470 g/mol. The first-order valence-electron chi connectivity index (χ1n) is 9.45. The van der Waals surface area contributed by atoms with E-state index in [1.54, 1.807) is 31.4 Å². The normalized spacial score (nSPS) is 10.7. The average Bonchev–Trinajstić information content (AvgIpc) is 3.20. The van der Waals surface area contributed by atoms with E-state index in [-0.39, 0.29) is 15.7 Å². The van der Waals surface area contributed by atoms with E-state index in [9.17, 15) is 9.59 Å². The number of amides is 2. The largest absolute Gasteiger partial charge is 0.494 e. The molecule has 0 unspecified atom stereocenters. The van der Waals surface area contributed by atoms with Gasteiger partial charge in [-0.25, -0.2) is 4.98 Å². The maximum Gasteiger partial charge on any atom is 0.258 e. The van der Waals surface area contributed by atoms with Gasteiger partial charge in [-0.3, -0.25) is 14.6 Å². The van der Waals surface area contributed by atoms with Crippen molar-refractivity contribution in [1.82, 2.24) is 15.0 Å². The van der Waals surface area contributed by atoms with Crippen LogP contribution in [0.2, 0.25) is 10.0 Å². The maximum absolute atomic E-state index is 13.0. The second kappa shape index (κ2) is 9.25. The molecule has 32 heavy (non-hydrogen) atoms. The zero-order chi connectivity index (χ0) is 22.7. The van der Waals surface area contributed by atoms with Gasteiger partial charge in [0, 0.05) is 24.5 Å². The Bertz CT molecular complexity index is 1280. The van der Waals surface area contributed by atoms with Crippen LogP contribution in [0.25, 0.3) is 11.0 Å². The molecule has 0 aliphatic heterocycles. The Morgan fingerprint density at radius 2 is 1.84 bits per heavy atom.